The minimum absolute atomic E-state index is 0.217. The van der Waals surface area contributed by atoms with Crippen LogP contribution in [0.25, 0.3) is 0 Å². The van der Waals surface area contributed by atoms with Gasteiger partial charge in [0.15, 0.2) is 6.61 Å². The van der Waals surface area contributed by atoms with E-state index in [1.807, 2.05) is 0 Å². The van der Waals surface area contributed by atoms with Crippen LogP contribution in [0.15, 0.2) is 54.6 Å². The first-order valence-electron chi connectivity index (χ1n) is 12.2. The molecular weight excluding hydrogens is 536 g/mol. The third kappa shape index (κ3) is 7.23. The summed E-state index contributed by atoms with van der Waals surface area (Å²) in [5, 5.41) is 18.7. The largest absolute Gasteiger partial charge is 0.484 e. The van der Waals surface area contributed by atoms with Gasteiger partial charge in [0, 0.05) is 13.1 Å². The summed E-state index contributed by atoms with van der Waals surface area (Å²) in [6, 6.07) is 15.6. The number of imide groups is 1. The van der Waals surface area contributed by atoms with Crippen molar-refractivity contribution in [2.45, 2.75) is 25.5 Å². The fourth-order valence-corrected chi connectivity index (χ4v) is 4.98. The van der Waals surface area contributed by atoms with E-state index in [0.29, 0.717) is 40.7 Å². The molecule has 1 saturated heterocycles. The molecule has 11 nitrogen and oxygen atoms in total. The Morgan fingerprint density at radius 3 is 2.20 bits per heavy atom. The molecule has 0 spiro atoms. The van der Waals surface area contributed by atoms with Crippen LogP contribution in [0, 0.1) is 13.8 Å². The van der Waals surface area contributed by atoms with Crippen LogP contribution < -0.4 is 30.7 Å². The van der Waals surface area contributed by atoms with Crippen molar-refractivity contribution in [3.8, 4) is 17.2 Å². The van der Waals surface area contributed by atoms with E-state index in [1.54, 1.807) is 75.5 Å². The van der Waals surface area contributed by atoms with Crippen LogP contribution in [0.4, 0.5) is 26.7 Å². The number of anilines is 3. The monoisotopic (exact) mass is 564 g/mol. The second kappa shape index (κ2) is 12.4. The number of ether oxygens (including phenoxy) is 2. The summed E-state index contributed by atoms with van der Waals surface area (Å²) in [6.07, 6.45) is -0.716. The van der Waals surface area contributed by atoms with Crippen molar-refractivity contribution in [1.29, 1.82) is 0 Å². The number of aryl methyl sites for hydroxylation is 2. The lowest BCUT2D eigenvalue weighted by Gasteiger charge is -2.15. The van der Waals surface area contributed by atoms with Gasteiger partial charge in [-0.2, -0.15) is 0 Å². The molecule has 1 fully saturated rings. The molecule has 208 valence electrons. The average molecular weight is 565 g/mol. The number of amides is 4. The van der Waals surface area contributed by atoms with Crippen LogP contribution in [0.3, 0.4) is 0 Å². The number of benzene rings is 3. The van der Waals surface area contributed by atoms with E-state index in [4.69, 9.17) is 14.6 Å². The van der Waals surface area contributed by atoms with Crippen molar-refractivity contribution in [3.63, 3.8) is 0 Å². The first kappa shape index (κ1) is 28.3. The molecule has 0 aromatic heterocycles. The van der Waals surface area contributed by atoms with Crippen LogP contribution >= 0.6 is 11.8 Å². The van der Waals surface area contributed by atoms with Gasteiger partial charge in [0.2, 0.25) is 5.91 Å². The lowest BCUT2D eigenvalue weighted by molar-refractivity contribution is -0.119. The first-order chi connectivity index (χ1) is 19.1. The molecule has 5 N–H and O–H groups in total. The van der Waals surface area contributed by atoms with Gasteiger partial charge < -0.3 is 25.2 Å². The number of rotatable bonds is 10. The van der Waals surface area contributed by atoms with Gasteiger partial charge in [-0.25, -0.2) is 4.79 Å². The predicted molar refractivity (Wildman–Crippen MR) is 153 cm³/mol. The summed E-state index contributed by atoms with van der Waals surface area (Å²) < 4.78 is 11.6. The second-order valence-electron chi connectivity index (χ2n) is 8.99. The zero-order valence-electron chi connectivity index (χ0n) is 22.0. The molecule has 1 unspecified atom stereocenters. The van der Waals surface area contributed by atoms with E-state index in [0.717, 1.165) is 28.5 Å². The number of carbonyl (C=O) groups is 4. The highest BCUT2D eigenvalue weighted by Gasteiger charge is 2.31. The normalized spacial score (nSPS) is 14.3. The van der Waals surface area contributed by atoms with Gasteiger partial charge in [0.25, 0.3) is 11.1 Å². The highest BCUT2D eigenvalue weighted by Crippen LogP contribution is 2.33. The average Bonchev–Trinajstić information content (AvgIpc) is 3.22. The highest BCUT2D eigenvalue weighted by atomic mass is 32.2. The quantitative estimate of drug-likeness (QED) is 0.225. The molecule has 1 aliphatic heterocycles. The molecule has 3 aromatic rings. The molecular formula is C28H28N4O7S. The van der Waals surface area contributed by atoms with E-state index in [2.05, 4.69) is 21.3 Å². The molecule has 3 aromatic carbocycles. The van der Waals surface area contributed by atoms with Gasteiger partial charge in [-0.15, -0.1) is 0 Å². The minimum Gasteiger partial charge on any atom is -0.484 e. The summed E-state index contributed by atoms with van der Waals surface area (Å²) >= 11 is 0.978. The van der Waals surface area contributed by atoms with Gasteiger partial charge in [0.05, 0.1) is 22.3 Å². The Bertz CT molecular complexity index is 1440. The number of nitrogens with one attached hydrogen (secondary N) is 4. The summed E-state index contributed by atoms with van der Waals surface area (Å²) in [6.45, 7) is 3.36. The second-order valence-corrected chi connectivity index (χ2v) is 10.2. The summed E-state index contributed by atoms with van der Waals surface area (Å²) in [5.41, 5.74) is 4.00. The molecule has 0 aliphatic carbocycles. The van der Waals surface area contributed by atoms with Gasteiger partial charge >= 0.3 is 6.09 Å². The Morgan fingerprint density at radius 1 is 0.925 bits per heavy atom. The van der Waals surface area contributed by atoms with E-state index in [1.165, 1.54) is 0 Å². The summed E-state index contributed by atoms with van der Waals surface area (Å²) in [4.78, 5) is 46.6. The van der Waals surface area contributed by atoms with Crippen molar-refractivity contribution in [2.24, 2.45) is 0 Å². The number of hydrogen-bond acceptors (Lipinski definition) is 8. The number of thioether (sulfide) groups is 1. The number of hydrogen-bond donors (Lipinski definition) is 5. The molecule has 1 aliphatic rings. The molecule has 1 heterocycles. The molecule has 4 amide bonds. The molecule has 0 radical (unpaired) electrons. The standard InChI is InChI=1S/C28H28N4O7S/c1-15-10-20(11-16(2)25(15)31-27(35)36)39-19-8-9-21(22(13-19)29-3)30-24(33)14-38-18-6-4-17(5-7-18)12-23-26(34)32-28(37)40-23/h4-11,13,23,29,31H,12,14H2,1-3H3,(H,30,33)(H,35,36)(H,32,34,37). The fraction of sp³-hybridized carbons (Fsp3) is 0.214. The van der Waals surface area contributed by atoms with E-state index in [9.17, 15) is 19.2 Å². The fourth-order valence-electron chi connectivity index (χ4n) is 4.12. The highest BCUT2D eigenvalue weighted by molar-refractivity contribution is 8.15. The van der Waals surface area contributed by atoms with Crippen molar-refractivity contribution in [3.05, 3.63) is 71.3 Å². The Morgan fingerprint density at radius 2 is 1.60 bits per heavy atom. The van der Waals surface area contributed by atoms with Crippen molar-refractivity contribution < 1.29 is 33.8 Å². The van der Waals surface area contributed by atoms with Crippen LogP contribution in [0.2, 0.25) is 0 Å². The lowest BCUT2D eigenvalue weighted by Crippen LogP contribution is -2.25. The molecule has 12 heteroatoms. The number of carboxylic acid groups (broad SMARTS) is 1. The van der Waals surface area contributed by atoms with Gasteiger partial charge in [-0.1, -0.05) is 23.9 Å². The van der Waals surface area contributed by atoms with Crippen molar-refractivity contribution in [1.82, 2.24) is 5.32 Å². The molecule has 0 saturated carbocycles. The topological polar surface area (TPSA) is 155 Å². The van der Waals surface area contributed by atoms with Crippen LogP contribution in [0.5, 0.6) is 17.2 Å². The Hall–Kier alpha value is -4.71. The summed E-state index contributed by atoms with van der Waals surface area (Å²) in [7, 11) is 1.72. The lowest BCUT2D eigenvalue weighted by atomic mass is 10.1. The third-order valence-electron chi connectivity index (χ3n) is 5.99. The van der Waals surface area contributed by atoms with Crippen LogP contribution in [0.1, 0.15) is 16.7 Å². The predicted octanol–water partition coefficient (Wildman–Crippen LogP) is 5.14. The van der Waals surface area contributed by atoms with E-state index in [-0.39, 0.29) is 23.7 Å². The molecule has 4 rings (SSSR count). The maximum atomic E-state index is 12.6. The van der Waals surface area contributed by atoms with Crippen molar-refractivity contribution >= 4 is 52.0 Å². The van der Waals surface area contributed by atoms with Gasteiger partial charge in [0.1, 0.15) is 17.2 Å². The molecule has 40 heavy (non-hydrogen) atoms. The zero-order valence-corrected chi connectivity index (χ0v) is 22.8. The minimum atomic E-state index is -1.13. The maximum Gasteiger partial charge on any atom is 0.409 e. The smallest absolute Gasteiger partial charge is 0.409 e. The molecule has 1 atom stereocenters. The molecule has 0 bridgehead atoms. The van der Waals surface area contributed by atoms with E-state index >= 15 is 0 Å². The number of carbonyl (C=O) groups excluding carboxylic acids is 3. The van der Waals surface area contributed by atoms with Crippen LogP contribution in [-0.2, 0) is 16.0 Å². The maximum absolute atomic E-state index is 12.6. The Balaban J connectivity index is 1.32. The zero-order chi connectivity index (χ0) is 28.8. The first-order valence-corrected chi connectivity index (χ1v) is 13.1. The van der Waals surface area contributed by atoms with Gasteiger partial charge in [-0.05, 0) is 73.4 Å². The Labute approximate surface area is 234 Å². The van der Waals surface area contributed by atoms with Crippen molar-refractivity contribution in [2.75, 3.05) is 29.6 Å². The summed E-state index contributed by atoms with van der Waals surface area (Å²) in [5.74, 6) is 0.907. The third-order valence-corrected chi connectivity index (χ3v) is 6.97. The SMILES string of the molecule is CNc1cc(Oc2cc(C)c(NC(=O)O)c(C)c2)ccc1NC(=O)COc1ccc(CC2SC(=O)NC2=O)cc1. The Kier molecular flexibility index (Phi) is 8.80. The van der Waals surface area contributed by atoms with E-state index < -0.39 is 11.3 Å². The van der Waals surface area contributed by atoms with Gasteiger partial charge in [-0.3, -0.25) is 25.0 Å². The van der Waals surface area contributed by atoms with Crippen LogP contribution in [-0.4, -0.2) is 47.2 Å².